The van der Waals surface area contributed by atoms with Gasteiger partial charge in [-0.15, -0.1) is 0 Å². The highest BCUT2D eigenvalue weighted by Gasteiger charge is 1.99. The van der Waals surface area contributed by atoms with Crippen LogP contribution in [0.5, 0.6) is 0 Å². The first-order valence-corrected chi connectivity index (χ1v) is 4.03. The van der Waals surface area contributed by atoms with Gasteiger partial charge in [0.25, 0.3) is 0 Å². The molecule has 64 valence electrons. The third-order valence-corrected chi connectivity index (χ3v) is 1.95. The van der Waals surface area contributed by atoms with Gasteiger partial charge in [0.15, 0.2) is 0 Å². The molecule has 0 amide bonds. The minimum atomic E-state index is 0.189. The molecule has 0 spiro atoms. The number of hydrogen-bond donors (Lipinski definition) is 0. The molecule has 2 aromatic rings. The topological polar surface area (TPSA) is 42.3 Å². The Morgan fingerprint density at radius 3 is 2.92 bits per heavy atom. The molecule has 13 heavy (non-hydrogen) atoms. The molecule has 0 aliphatic heterocycles. The van der Waals surface area contributed by atoms with Crippen molar-refractivity contribution in [1.29, 1.82) is 0 Å². The summed E-state index contributed by atoms with van der Waals surface area (Å²) in [5, 5.41) is 3.91. The average Bonchev–Trinajstić information content (AvgIpc) is 2.19. The van der Waals surface area contributed by atoms with Crippen LogP contribution in [-0.2, 0) is 6.54 Å². The predicted octanol–water partition coefficient (Wildman–Crippen LogP) is 2.50. The van der Waals surface area contributed by atoms with Crippen LogP contribution < -0.4 is 0 Å². The van der Waals surface area contributed by atoms with E-state index >= 15 is 0 Å². The molecule has 1 aromatic carbocycles. The average molecular weight is 172 g/mol. The lowest BCUT2D eigenvalue weighted by Crippen LogP contribution is -1.86. The number of nitrogens with zero attached hydrogens (tertiary/aromatic N) is 2. The summed E-state index contributed by atoms with van der Waals surface area (Å²) in [6, 6.07) is 9.59. The highest BCUT2D eigenvalue weighted by molar-refractivity contribution is 5.81. The highest BCUT2D eigenvalue weighted by Crippen LogP contribution is 2.16. The van der Waals surface area contributed by atoms with Crippen molar-refractivity contribution in [3.63, 3.8) is 0 Å². The van der Waals surface area contributed by atoms with Crippen LogP contribution in [-0.4, -0.2) is 4.98 Å². The summed E-state index contributed by atoms with van der Waals surface area (Å²) in [7, 11) is 0. The Balaban J connectivity index is 2.68. The van der Waals surface area contributed by atoms with E-state index in [1.54, 1.807) is 6.20 Å². The van der Waals surface area contributed by atoms with Gasteiger partial charge in [-0.3, -0.25) is 4.98 Å². The van der Waals surface area contributed by atoms with Gasteiger partial charge in [-0.2, -0.15) is 4.91 Å². The molecule has 0 aliphatic carbocycles. The zero-order valence-corrected chi connectivity index (χ0v) is 6.97. The first-order valence-electron chi connectivity index (χ1n) is 4.03. The summed E-state index contributed by atoms with van der Waals surface area (Å²) < 4.78 is 0. The van der Waals surface area contributed by atoms with Crippen molar-refractivity contribution in [2.75, 3.05) is 0 Å². The lowest BCUT2D eigenvalue weighted by molar-refractivity contribution is 1.06. The predicted molar refractivity (Wildman–Crippen MR) is 51.2 cm³/mol. The Morgan fingerprint density at radius 1 is 1.23 bits per heavy atom. The van der Waals surface area contributed by atoms with Crippen molar-refractivity contribution in [3.8, 4) is 0 Å². The molecule has 0 saturated carbocycles. The van der Waals surface area contributed by atoms with E-state index in [-0.39, 0.29) is 6.54 Å². The normalized spacial score (nSPS) is 10.2. The van der Waals surface area contributed by atoms with E-state index in [0.29, 0.717) is 0 Å². The summed E-state index contributed by atoms with van der Waals surface area (Å²) in [4.78, 5) is 14.3. The van der Waals surface area contributed by atoms with Crippen molar-refractivity contribution in [1.82, 2.24) is 4.98 Å². The summed E-state index contributed by atoms with van der Waals surface area (Å²) >= 11 is 0. The number of fused-ring (bicyclic) bond motifs is 1. The van der Waals surface area contributed by atoms with E-state index in [1.807, 2.05) is 30.3 Å². The number of benzene rings is 1. The fourth-order valence-electron chi connectivity index (χ4n) is 1.36. The fraction of sp³-hybridized carbons (Fsp3) is 0.100. The standard InChI is InChI=1S/C10H8N2O/c13-12-7-9-4-1-3-8-5-2-6-11-10(8)9/h1-6H,7H2. The number of nitroso groups, excluding NO2 is 1. The van der Waals surface area contributed by atoms with Gasteiger partial charge in [0.05, 0.1) is 5.52 Å². The van der Waals surface area contributed by atoms with E-state index in [1.165, 1.54) is 0 Å². The third kappa shape index (κ3) is 1.40. The summed E-state index contributed by atoms with van der Waals surface area (Å²) in [5.74, 6) is 0. The number of hydrogen-bond acceptors (Lipinski definition) is 3. The smallest absolute Gasteiger partial charge is 0.108 e. The first kappa shape index (κ1) is 7.86. The van der Waals surface area contributed by atoms with Crippen LogP contribution in [0.4, 0.5) is 0 Å². The van der Waals surface area contributed by atoms with E-state index in [4.69, 9.17) is 0 Å². The second kappa shape index (κ2) is 3.31. The Morgan fingerprint density at radius 2 is 2.08 bits per heavy atom. The van der Waals surface area contributed by atoms with Crippen LogP contribution in [0.3, 0.4) is 0 Å². The molecule has 0 unspecified atom stereocenters. The van der Waals surface area contributed by atoms with Crippen molar-refractivity contribution in [2.45, 2.75) is 6.54 Å². The molecule has 3 heteroatoms. The maximum Gasteiger partial charge on any atom is 0.108 e. The maximum absolute atomic E-state index is 10.1. The summed E-state index contributed by atoms with van der Waals surface area (Å²) in [6.07, 6.45) is 1.72. The Kier molecular flexibility index (Phi) is 2.00. The van der Waals surface area contributed by atoms with Gasteiger partial charge < -0.3 is 0 Å². The van der Waals surface area contributed by atoms with Gasteiger partial charge in [0.1, 0.15) is 6.54 Å². The second-order valence-electron chi connectivity index (χ2n) is 2.78. The Hall–Kier alpha value is -1.77. The molecule has 1 heterocycles. The van der Waals surface area contributed by atoms with Crippen LogP contribution in [0.15, 0.2) is 41.7 Å². The molecule has 0 atom stereocenters. The van der Waals surface area contributed by atoms with E-state index in [2.05, 4.69) is 10.2 Å². The Bertz CT molecular complexity index is 434. The van der Waals surface area contributed by atoms with Crippen molar-refractivity contribution >= 4 is 10.9 Å². The van der Waals surface area contributed by atoms with Crippen LogP contribution in [0, 0.1) is 4.91 Å². The first-order chi connectivity index (χ1) is 6.42. The van der Waals surface area contributed by atoms with Crippen LogP contribution in [0.2, 0.25) is 0 Å². The highest BCUT2D eigenvalue weighted by atomic mass is 16.3. The number of rotatable bonds is 2. The van der Waals surface area contributed by atoms with Crippen molar-refractivity contribution in [3.05, 3.63) is 47.0 Å². The second-order valence-corrected chi connectivity index (χ2v) is 2.78. The lowest BCUT2D eigenvalue weighted by Gasteiger charge is -1.99. The van der Waals surface area contributed by atoms with Gasteiger partial charge in [-0.1, -0.05) is 29.4 Å². The molecule has 2 rings (SSSR count). The third-order valence-electron chi connectivity index (χ3n) is 1.95. The van der Waals surface area contributed by atoms with Gasteiger partial charge >= 0.3 is 0 Å². The lowest BCUT2D eigenvalue weighted by atomic mass is 10.1. The monoisotopic (exact) mass is 172 g/mol. The molecule has 0 N–H and O–H groups in total. The van der Waals surface area contributed by atoms with Crippen molar-refractivity contribution < 1.29 is 0 Å². The minimum Gasteiger partial charge on any atom is -0.256 e. The molecule has 0 radical (unpaired) electrons. The molecule has 3 nitrogen and oxygen atoms in total. The number of para-hydroxylation sites is 1. The summed E-state index contributed by atoms with van der Waals surface area (Å²) in [6.45, 7) is 0.189. The zero-order valence-electron chi connectivity index (χ0n) is 6.97. The zero-order chi connectivity index (χ0) is 9.10. The molecular formula is C10H8N2O. The molecule has 1 aromatic heterocycles. The van der Waals surface area contributed by atoms with E-state index in [9.17, 15) is 4.91 Å². The number of pyridine rings is 1. The van der Waals surface area contributed by atoms with Gasteiger partial charge in [0, 0.05) is 17.1 Å². The van der Waals surface area contributed by atoms with Gasteiger partial charge in [0.2, 0.25) is 0 Å². The number of aromatic nitrogens is 1. The summed E-state index contributed by atoms with van der Waals surface area (Å²) in [5.41, 5.74) is 1.75. The van der Waals surface area contributed by atoms with Crippen LogP contribution in [0.25, 0.3) is 10.9 Å². The van der Waals surface area contributed by atoms with Crippen molar-refractivity contribution in [2.24, 2.45) is 5.18 Å². The fourth-order valence-corrected chi connectivity index (χ4v) is 1.36. The van der Waals surface area contributed by atoms with Gasteiger partial charge in [-0.05, 0) is 6.07 Å². The molecular weight excluding hydrogens is 164 g/mol. The largest absolute Gasteiger partial charge is 0.256 e. The van der Waals surface area contributed by atoms with E-state index in [0.717, 1.165) is 16.5 Å². The quantitative estimate of drug-likeness (QED) is 0.653. The molecule has 0 bridgehead atoms. The SMILES string of the molecule is O=NCc1cccc2cccnc12. The Labute approximate surface area is 75.4 Å². The maximum atomic E-state index is 10.1. The minimum absolute atomic E-state index is 0.189. The molecule has 0 aliphatic rings. The van der Waals surface area contributed by atoms with Crippen LogP contribution >= 0.6 is 0 Å². The van der Waals surface area contributed by atoms with Crippen LogP contribution in [0.1, 0.15) is 5.56 Å². The van der Waals surface area contributed by atoms with Gasteiger partial charge in [-0.25, -0.2) is 0 Å². The molecule has 0 fully saturated rings. The van der Waals surface area contributed by atoms with E-state index < -0.39 is 0 Å². The molecule has 0 saturated heterocycles.